The SMILES string of the molecule is C[C@H]1CN(C(=O)OC(C)(C)C)CCN1C(=O)c1ccc(B2OC(C)(C)C(C)(C)O2)c(F)c1. The lowest BCUT2D eigenvalue weighted by atomic mass is 9.78. The minimum atomic E-state index is -0.833. The van der Waals surface area contributed by atoms with Crippen molar-refractivity contribution in [1.82, 2.24) is 9.80 Å². The molecule has 2 fully saturated rings. The van der Waals surface area contributed by atoms with Gasteiger partial charge in [0, 0.05) is 36.7 Å². The fourth-order valence-corrected chi connectivity index (χ4v) is 3.74. The maximum Gasteiger partial charge on any atom is 0.497 e. The highest BCUT2D eigenvalue weighted by Gasteiger charge is 2.52. The van der Waals surface area contributed by atoms with Crippen LogP contribution in [0.25, 0.3) is 0 Å². The molecule has 9 heteroatoms. The molecule has 0 N–H and O–H groups in total. The highest BCUT2D eigenvalue weighted by atomic mass is 19.1. The first-order valence-electron chi connectivity index (χ1n) is 11.1. The molecule has 0 spiro atoms. The maximum atomic E-state index is 15.0. The van der Waals surface area contributed by atoms with E-state index in [4.69, 9.17) is 14.0 Å². The predicted molar refractivity (Wildman–Crippen MR) is 120 cm³/mol. The average Bonchev–Trinajstić information content (AvgIpc) is 2.86. The van der Waals surface area contributed by atoms with Crippen LogP contribution in [0.4, 0.5) is 9.18 Å². The number of amides is 2. The van der Waals surface area contributed by atoms with Gasteiger partial charge in [0.25, 0.3) is 5.91 Å². The number of halogens is 1. The molecule has 7 nitrogen and oxygen atoms in total. The number of hydrogen-bond acceptors (Lipinski definition) is 5. The average molecular weight is 448 g/mol. The summed E-state index contributed by atoms with van der Waals surface area (Å²) in [6.07, 6.45) is -0.394. The first-order valence-corrected chi connectivity index (χ1v) is 11.1. The van der Waals surface area contributed by atoms with Crippen molar-refractivity contribution in [2.24, 2.45) is 0 Å². The lowest BCUT2D eigenvalue weighted by Crippen LogP contribution is -2.56. The lowest BCUT2D eigenvalue weighted by Gasteiger charge is -2.40. The third-order valence-electron chi connectivity index (χ3n) is 6.29. The van der Waals surface area contributed by atoms with Crippen LogP contribution in [0.1, 0.15) is 65.7 Å². The van der Waals surface area contributed by atoms with Crippen LogP contribution in [-0.2, 0) is 14.0 Å². The molecule has 176 valence electrons. The van der Waals surface area contributed by atoms with E-state index in [1.165, 1.54) is 6.07 Å². The fourth-order valence-electron chi connectivity index (χ4n) is 3.74. The third kappa shape index (κ3) is 4.93. The number of benzene rings is 1. The Labute approximate surface area is 190 Å². The highest BCUT2D eigenvalue weighted by Crippen LogP contribution is 2.36. The van der Waals surface area contributed by atoms with Gasteiger partial charge in [-0.25, -0.2) is 9.18 Å². The Morgan fingerprint density at radius 1 is 1.12 bits per heavy atom. The van der Waals surface area contributed by atoms with Crippen molar-refractivity contribution >= 4 is 24.6 Å². The molecular formula is C23H34BFN2O5. The molecule has 32 heavy (non-hydrogen) atoms. The Bertz CT molecular complexity index is 883. The van der Waals surface area contributed by atoms with Crippen LogP contribution in [0.15, 0.2) is 18.2 Å². The summed E-state index contributed by atoms with van der Waals surface area (Å²) < 4.78 is 32.2. The van der Waals surface area contributed by atoms with Crippen molar-refractivity contribution < 1.29 is 28.0 Å². The normalized spacial score (nSPS) is 22.8. The van der Waals surface area contributed by atoms with Gasteiger partial charge < -0.3 is 23.8 Å². The molecule has 1 atom stereocenters. The van der Waals surface area contributed by atoms with Gasteiger partial charge in [0.15, 0.2) is 0 Å². The molecule has 0 bridgehead atoms. The minimum absolute atomic E-state index is 0.227. The zero-order chi connectivity index (χ0) is 24.1. The summed E-state index contributed by atoms with van der Waals surface area (Å²) in [6.45, 7) is 16.0. The summed E-state index contributed by atoms with van der Waals surface area (Å²) in [6, 6.07) is 4.15. The molecular weight excluding hydrogens is 414 g/mol. The maximum absolute atomic E-state index is 15.0. The molecule has 0 unspecified atom stereocenters. The second kappa shape index (κ2) is 8.34. The number of rotatable bonds is 2. The van der Waals surface area contributed by atoms with Gasteiger partial charge >= 0.3 is 13.2 Å². The topological polar surface area (TPSA) is 68.3 Å². The van der Waals surface area contributed by atoms with Gasteiger partial charge in [-0.15, -0.1) is 0 Å². The quantitative estimate of drug-likeness (QED) is 0.651. The van der Waals surface area contributed by atoms with E-state index in [2.05, 4.69) is 0 Å². The first kappa shape index (κ1) is 24.5. The summed E-state index contributed by atoms with van der Waals surface area (Å²) in [7, 11) is -0.833. The Balaban J connectivity index is 1.69. The number of ether oxygens (including phenoxy) is 1. The number of carbonyl (C=O) groups is 2. The van der Waals surface area contributed by atoms with E-state index >= 15 is 0 Å². The van der Waals surface area contributed by atoms with E-state index in [-0.39, 0.29) is 23.0 Å². The van der Waals surface area contributed by atoms with Gasteiger partial charge in [-0.2, -0.15) is 0 Å². The van der Waals surface area contributed by atoms with E-state index < -0.39 is 35.8 Å². The molecule has 0 aromatic heterocycles. The standard InChI is InChI=1S/C23H34BFN2O5/c1-15-14-26(20(29)30-21(2,3)4)11-12-27(15)19(28)16-9-10-17(18(25)13-16)24-31-22(5,6)23(7,8)32-24/h9-10,13,15H,11-12,14H2,1-8H3/t15-/m0/s1. The van der Waals surface area contributed by atoms with Gasteiger partial charge in [0.2, 0.25) is 0 Å². The number of hydrogen-bond donors (Lipinski definition) is 0. The predicted octanol–water partition coefficient (Wildman–Crippen LogP) is 3.21. The molecule has 2 aliphatic heterocycles. The zero-order valence-electron chi connectivity index (χ0n) is 20.3. The molecule has 2 aliphatic rings. The van der Waals surface area contributed by atoms with Gasteiger partial charge in [0.1, 0.15) is 11.4 Å². The van der Waals surface area contributed by atoms with Crippen molar-refractivity contribution in [3.8, 4) is 0 Å². The van der Waals surface area contributed by atoms with Crippen LogP contribution in [0, 0.1) is 5.82 Å². The summed E-state index contributed by atoms with van der Waals surface area (Å²) in [5, 5.41) is 0. The van der Waals surface area contributed by atoms with Crippen molar-refractivity contribution in [2.45, 2.75) is 78.2 Å². The molecule has 2 heterocycles. The number of nitrogens with zero attached hydrogens (tertiary/aromatic N) is 2. The summed E-state index contributed by atoms with van der Waals surface area (Å²) in [4.78, 5) is 28.7. The molecule has 0 aliphatic carbocycles. The van der Waals surface area contributed by atoms with Crippen molar-refractivity contribution in [2.75, 3.05) is 19.6 Å². The van der Waals surface area contributed by atoms with Gasteiger partial charge in [0.05, 0.1) is 11.2 Å². The van der Waals surface area contributed by atoms with Gasteiger partial charge in [-0.3, -0.25) is 4.79 Å². The molecule has 2 amide bonds. The largest absolute Gasteiger partial charge is 0.497 e. The fraction of sp³-hybridized carbons (Fsp3) is 0.652. The van der Waals surface area contributed by atoms with Crippen LogP contribution in [0.5, 0.6) is 0 Å². The number of carbonyl (C=O) groups excluding carboxylic acids is 2. The van der Waals surface area contributed by atoms with E-state index in [9.17, 15) is 14.0 Å². The third-order valence-corrected chi connectivity index (χ3v) is 6.29. The Morgan fingerprint density at radius 2 is 1.72 bits per heavy atom. The van der Waals surface area contributed by atoms with Gasteiger partial charge in [-0.1, -0.05) is 6.07 Å². The van der Waals surface area contributed by atoms with E-state index in [0.29, 0.717) is 19.6 Å². The molecule has 0 saturated carbocycles. The van der Waals surface area contributed by atoms with Crippen LogP contribution < -0.4 is 5.46 Å². The van der Waals surface area contributed by atoms with Crippen molar-refractivity contribution in [3.63, 3.8) is 0 Å². The second-order valence-electron chi connectivity index (χ2n) is 10.6. The monoisotopic (exact) mass is 448 g/mol. The van der Waals surface area contributed by atoms with Gasteiger partial charge in [-0.05, 0) is 67.5 Å². The summed E-state index contributed by atoms with van der Waals surface area (Å²) in [5.74, 6) is -0.824. The zero-order valence-corrected chi connectivity index (χ0v) is 20.3. The first-order chi connectivity index (χ1) is 14.6. The van der Waals surface area contributed by atoms with Crippen LogP contribution >= 0.6 is 0 Å². The molecule has 3 rings (SSSR count). The lowest BCUT2D eigenvalue weighted by molar-refractivity contribution is 0.00578. The molecule has 1 aromatic rings. The van der Waals surface area contributed by atoms with E-state index in [0.717, 1.165) is 0 Å². The molecule has 1 aromatic carbocycles. The summed E-state index contributed by atoms with van der Waals surface area (Å²) in [5.41, 5.74) is -1.23. The van der Waals surface area contributed by atoms with Crippen molar-refractivity contribution in [1.29, 1.82) is 0 Å². The second-order valence-corrected chi connectivity index (χ2v) is 10.6. The Hall–Kier alpha value is -2.13. The van der Waals surface area contributed by atoms with Crippen LogP contribution in [0.3, 0.4) is 0 Å². The number of piperazine rings is 1. The van der Waals surface area contributed by atoms with Crippen LogP contribution in [0.2, 0.25) is 0 Å². The van der Waals surface area contributed by atoms with Crippen molar-refractivity contribution in [3.05, 3.63) is 29.6 Å². The Morgan fingerprint density at radius 3 is 2.22 bits per heavy atom. The molecule has 0 radical (unpaired) electrons. The van der Waals surface area contributed by atoms with Crippen LogP contribution in [-0.4, -0.2) is 71.4 Å². The van der Waals surface area contributed by atoms with E-state index in [1.807, 2.05) is 55.4 Å². The minimum Gasteiger partial charge on any atom is -0.444 e. The van der Waals surface area contributed by atoms with E-state index in [1.54, 1.807) is 21.9 Å². The highest BCUT2D eigenvalue weighted by molar-refractivity contribution is 6.62. The smallest absolute Gasteiger partial charge is 0.444 e. The summed E-state index contributed by atoms with van der Waals surface area (Å²) >= 11 is 0. The molecule has 2 saturated heterocycles. The Kier molecular flexibility index (Phi) is 6.39.